The zero-order valence-corrected chi connectivity index (χ0v) is 10.8. The normalized spacial score (nSPS) is 10.7. The molecular formula is C12H17BrO. The first-order chi connectivity index (χ1) is 6.56. The summed E-state index contributed by atoms with van der Waals surface area (Å²) in [5.41, 5.74) is 2.49. The van der Waals surface area contributed by atoms with Crippen LogP contribution in [0.1, 0.15) is 37.8 Å². The van der Waals surface area contributed by atoms with Gasteiger partial charge in [-0.05, 0) is 43.0 Å². The molecule has 2 heteroatoms. The minimum absolute atomic E-state index is 0.518. The average Bonchev–Trinajstić information content (AvgIpc) is 2.09. The number of benzene rings is 1. The molecule has 78 valence electrons. The highest BCUT2D eigenvalue weighted by molar-refractivity contribution is 9.10. The van der Waals surface area contributed by atoms with Crippen molar-refractivity contribution in [2.75, 3.05) is 6.61 Å². The van der Waals surface area contributed by atoms with E-state index >= 15 is 0 Å². The molecule has 1 aromatic carbocycles. The number of hydrogen-bond acceptors (Lipinski definition) is 1. The van der Waals surface area contributed by atoms with Gasteiger partial charge in [-0.1, -0.05) is 29.8 Å². The molecule has 0 spiro atoms. The van der Waals surface area contributed by atoms with Crippen molar-refractivity contribution in [1.29, 1.82) is 0 Å². The quantitative estimate of drug-likeness (QED) is 0.785. The molecule has 1 rings (SSSR count). The van der Waals surface area contributed by atoms with Crippen LogP contribution in [0.25, 0.3) is 0 Å². The monoisotopic (exact) mass is 256 g/mol. The summed E-state index contributed by atoms with van der Waals surface area (Å²) in [4.78, 5) is 0. The van der Waals surface area contributed by atoms with Gasteiger partial charge in [0.1, 0.15) is 5.75 Å². The van der Waals surface area contributed by atoms with E-state index in [1.807, 2.05) is 6.92 Å². The van der Waals surface area contributed by atoms with Gasteiger partial charge in [-0.15, -0.1) is 0 Å². The van der Waals surface area contributed by atoms with E-state index in [9.17, 15) is 0 Å². The van der Waals surface area contributed by atoms with E-state index in [-0.39, 0.29) is 0 Å². The second-order valence-electron chi connectivity index (χ2n) is 3.73. The Morgan fingerprint density at radius 2 is 2.00 bits per heavy atom. The van der Waals surface area contributed by atoms with Crippen molar-refractivity contribution in [3.8, 4) is 5.75 Å². The molecule has 0 bridgehead atoms. The molecule has 0 radical (unpaired) electrons. The molecule has 14 heavy (non-hydrogen) atoms. The third kappa shape index (κ3) is 2.50. The molecule has 0 aliphatic rings. The molecule has 0 saturated heterocycles. The fraction of sp³-hybridized carbons (Fsp3) is 0.500. The molecule has 1 aromatic rings. The van der Waals surface area contributed by atoms with Gasteiger partial charge in [0.2, 0.25) is 0 Å². The zero-order valence-electron chi connectivity index (χ0n) is 9.23. The minimum Gasteiger partial charge on any atom is -0.494 e. The number of ether oxygens (including phenoxy) is 1. The largest absolute Gasteiger partial charge is 0.494 e. The average molecular weight is 257 g/mol. The lowest BCUT2D eigenvalue weighted by Gasteiger charge is -2.13. The molecule has 0 unspecified atom stereocenters. The molecular weight excluding hydrogens is 240 g/mol. The Labute approximate surface area is 94.6 Å². The van der Waals surface area contributed by atoms with Gasteiger partial charge in [0.25, 0.3) is 0 Å². The minimum atomic E-state index is 0.518. The van der Waals surface area contributed by atoms with Crippen LogP contribution in [0.4, 0.5) is 0 Å². The SMILES string of the molecule is CCOc1cc(C(C)C)c(Br)cc1C. The van der Waals surface area contributed by atoms with Gasteiger partial charge in [0.15, 0.2) is 0 Å². The standard InChI is InChI=1S/C12H17BrO/c1-5-14-12-7-10(8(2)3)11(13)6-9(12)4/h6-8H,5H2,1-4H3. The lowest BCUT2D eigenvalue weighted by Crippen LogP contribution is -1.97. The number of halogens is 1. The van der Waals surface area contributed by atoms with E-state index in [0.717, 1.165) is 12.4 Å². The molecule has 0 amide bonds. The van der Waals surface area contributed by atoms with Crippen LogP contribution in [0.15, 0.2) is 16.6 Å². The Morgan fingerprint density at radius 3 is 2.50 bits per heavy atom. The Hall–Kier alpha value is -0.500. The summed E-state index contributed by atoms with van der Waals surface area (Å²) in [5, 5.41) is 0. The van der Waals surface area contributed by atoms with Crippen LogP contribution in [-0.4, -0.2) is 6.61 Å². The summed E-state index contributed by atoms with van der Waals surface area (Å²) < 4.78 is 6.74. The maximum atomic E-state index is 5.56. The topological polar surface area (TPSA) is 9.23 Å². The smallest absolute Gasteiger partial charge is 0.122 e. The van der Waals surface area contributed by atoms with E-state index in [4.69, 9.17) is 4.74 Å². The lowest BCUT2D eigenvalue weighted by molar-refractivity contribution is 0.337. The number of hydrogen-bond donors (Lipinski definition) is 0. The highest BCUT2D eigenvalue weighted by Gasteiger charge is 2.08. The predicted octanol–water partition coefficient (Wildman–Crippen LogP) is 4.28. The van der Waals surface area contributed by atoms with Crippen LogP contribution in [0, 0.1) is 6.92 Å². The van der Waals surface area contributed by atoms with Gasteiger partial charge < -0.3 is 4.74 Å². The molecule has 0 aliphatic heterocycles. The maximum absolute atomic E-state index is 5.56. The van der Waals surface area contributed by atoms with Crippen LogP contribution in [0.3, 0.4) is 0 Å². The fourth-order valence-corrected chi connectivity index (χ4v) is 2.34. The highest BCUT2D eigenvalue weighted by Crippen LogP contribution is 2.31. The molecule has 0 aromatic heterocycles. The van der Waals surface area contributed by atoms with Crippen molar-refractivity contribution in [2.45, 2.75) is 33.6 Å². The first-order valence-electron chi connectivity index (χ1n) is 4.99. The Bertz CT molecular complexity index is 318. The molecule has 0 atom stereocenters. The zero-order chi connectivity index (χ0) is 10.7. The number of rotatable bonds is 3. The first-order valence-corrected chi connectivity index (χ1v) is 5.78. The molecule has 0 heterocycles. The van der Waals surface area contributed by atoms with Crippen LogP contribution in [0.5, 0.6) is 5.75 Å². The van der Waals surface area contributed by atoms with Crippen LogP contribution >= 0.6 is 15.9 Å². The third-order valence-corrected chi connectivity index (χ3v) is 2.90. The molecule has 0 aliphatic carbocycles. The summed E-state index contributed by atoms with van der Waals surface area (Å²) in [7, 11) is 0. The van der Waals surface area contributed by atoms with Gasteiger partial charge in [-0.3, -0.25) is 0 Å². The molecule has 0 fully saturated rings. The summed E-state index contributed by atoms with van der Waals surface area (Å²) in [6.45, 7) is 9.17. The third-order valence-electron chi connectivity index (χ3n) is 2.22. The van der Waals surface area contributed by atoms with Crippen molar-refractivity contribution >= 4 is 15.9 Å². The summed E-state index contributed by atoms with van der Waals surface area (Å²) in [5.74, 6) is 1.52. The van der Waals surface area contributed by atoms with Gasteiger partial charge in [-0.2, -0.15) is 0 Å². The van der Waals surface area contributed by atoms with E-state index in [1.54, 1.807) is 0 Å². The van der Waals surface area contributed by atoms with E-state index < -0.39 is 0 Å². The second kappa shape index (κ2) is 4.83. The molecule has 0 N–H and O–H groups in total. The Kier molecular flexibility index (Phi) is 3.99. The molecule has 0 saturated carbocycles. The first kappa shape index (κ1) is 11.6. The summed E-state index contributed by atoms with van der Waals surface area (Å²) >= 11 is 3.58. The predicted molar refractivity (Wildman–Crippen MR) is 64.1 cm³/mol. The second-order valence-corrected chi connectivity index (χ2v) is 4.58. The van der Waals surface area contributed by atoms with Gasteiger partial charge >= 0.3 is 0 Å². The van der Waals surface area contributed by atoms with Crippen LogP contribution in [-0.2, 0) is 0 Å². The van der Waals surface area contributed by atoms with Crippen LogP contribution in [0.2, 0.25) is 0 Å². The summed E-state index contributed by atoms with van der Waals surface area (Å²) in [6, 6.07) is 4.26. The summed E-state index contributed by atoms with van der Waals surface area (Å²) in [6.07, 6.45) is 0. The van der Waals surface area contributed by atoms with Gasteiger partial charge in [-0.25, -0.2) is 0 Å². The van der Waals surface area contributed by atoms with Crippen molar-refractivity contribution in [2.24, 2.45) is 0 Å². The van der Waals surface area contributed by atoms with Gasteiger partial charge in [0.05, 0.1) is 6.61 Å². The van der Waals surface area contributed by atoms with Crippen molar-refractivity contribution in [3.63, 3.8) is 0 Å². The van der Waals surface area contributed by atoms with Crippen molar-refractivity contribution in [1.82, 2.24) is 0 Å². The fourth-order valence-electron chi connectivity index (χ4n) is 1.42. The Morgan fingerprint density at radius 1 is 1.36 bits per heavy atom. The van der Waals surface area contributed by atoms with Crippen LogP contribution < -0.4 is 4.74 Å². The van der Waals surface area contributed by atoms with E-state index in [1.165, 1.54) is 15.6 Å². The highest BCUT2D eigenvalue weighted by atomic mass is 79.9. The van der Waals surface area contributed by atoms with E-state index in [0.29, 0.717) is 5.92 Å². The maximum Gasteiger partial charge on any atom is 0.122 e. The molecule has 1 nitrogen and oxygen atoms in total. The van der Waals surface area contributed by atoms with E-state index in [2.05, 4.69) is 48.8 Å². The number of aryl methyl sites for hydroxylation is 1. The Balaban J connectivity index is 3.13. The lowest BCUT2D eigenvalue weighted by atomic mass is 10.0. The van der Waals surface area contributed by atoms with Crippen molar-refractivity contribution in [3.05, 3.63) is 27.7 Å². The van der Waals surface area contributed by atoms with Crippen molar-refractivity contribution < 1.29 is 4.74 Å². The van der Waals surface area contributed by atoms with Gasteiger partial charge in [0, 0.05) is 4.47 Å².